The number of nitrogens with one attached hydrogen (secondary N) is 1. The fourth-order valence-corrected chi connectivity index (χ4v) is 1.71. The molecule has 0 saturated carbocycles. The first-order chi connectivity index (χ1) is 8.66. The van der Waals surface area contributed by atoms with Gasteiger partial charge in [0.1, 0.15) is 5.82 Å². The Labute approximate surface area is 106 Å². The van der Waals surface area contributed by atoms with Crippen LogP contribution in [0.15, 0.2) is 36.5 Å². The monoisotopic (exact) mass is 244 g/mol. The van der Waals surface area contributed by atoms with Crippen LogP contribution >= 0.6 is 0 Å². The van der Waals surface area contributed by atoms with Gasteiger partial charge in [0.2, 0.25) is 5.91 Å². The lowest BCUT2D eigenvalue weighted by atomic mass is 10.1. The third-order valence-electron chi connectivity index (χ3n) is 2.76. The molecule has 0 radical (unpaired) electrons. The van der Waals surface area contributed by atoms with Crippen molar-refractivity contribution in [3.63, 3.8) is 0 Å². The summed E-state index contributed by atoms with van der Waals surface area (Å²) < 4.78 is 1.62. The first-order valence-electron chi connectivity index (χ1n) is 5.78. The number of carbonyl (C=O) groups excluding carboxylic acids is 1. The van der Waals surface area contributed by atoms with Gasteiger partial charge in [-0.25, -0.2) is 0 Å². The molecule has 0 fully saturated rings. The molecular formula is C13H16N4O. The van der Waals surface area contributed by atoms with Crippen molar-refractivity contribution in [2.75, 3.05) is 11.1 Å². The van der Waals surface area contributed by atoms with E-state index in [1.807, 2.05) is 24.3 Å². The molecule has 1 heterocycles. The van der Waals surface area contributed by atoms with Crippen molar-refractivity contribution in [1.29, 1.82) is 0 Å². The Balaban J connectivity index is 1.90. The zero-order valence-corrected chi connectivity index (χ0v) is 10.3. The van der Waals surface area contributed by atoms with Gasteiger partial charge in [-0.1, -0.05) is 18.2 Å². The molecular weight excluding hydrogens is 228 g/mol. The number of rotatable bonds is 4. The second kappa shape index (κ2) is 5.35. The van der Waals surface area contributed by atoms with E-state index in [-0.39, 0.29) is 5.91 Å². The van der Waals surface area contributed by atoms with Crippen molar-refractivity contribution < 1.29 is 4.79 Å². The largest absolute Gasteiger partial charge is 0.399 e. The minimum Gasteiger partial charge on any atom is -0.399 e. The Morgan fingerprint density at radius 3 is 2.83 bits per heavy atom. The third-order valence-corrected chi connectivity index (χ3v) is 2.76. The van der Waals surface area contributed by atoms with Crippen molar-refractivity contribution in [2.45, 2.75) is 12.8 Å². The molecule has 1 aromatic carbocycles. The number of benzene rings is 1. The Morgan fingerprint density at radius 1 is 1.39 bits per heavy atom. The van der Waals surface area contributed by atoms with Crippen molar-refractivity contribution in [3.8, 4) is 0 Å². The standard InChI is InChI=1S/C13H16N4O/c1-17-12(8-9-15-17)16-13(18)7-6-10-4-2-3-5-11(10)14/h2-5,8-9H,6-7,14H2,1H3,(H,16,18). The molecule has 1 amide bonds. The summed E-state index contributed by atoms with van der Waals surface area (Å²) in [6, 6.07) is 9.34. The van der Waals surface area contributed by atoms with E-state index in [0.717, 1.165) is 11.3 Å². The van der Waals surface area contributed by atoms with Crippen LogP contribution in [-0.4, -0.2) is 15.7 Å². The molecule has 18 heavy (non-hydrogen) atoms. The summed E-state index contributed by atoms with van der Waals surface area (Å²) in [5.41, 5.74) is 7.55. The number of anilines is 2. The van der Waals surface area contributed by atoms with E-state index in [4.69, 9.17) is 5.73 Å². The average Bonchev–Trinajstić information content (AvgIpc) is 2.74. The van der Waals surface area contributed by atoms with E-state index in [0.29, 0.717) is 18.7 Å². The first kappa shape index (κ1) is 12.2. The molecule has 0 spiro atoms. The summed E-state index contributed by atoms with van der Waals surface area (Å²) in [6.07, 6.45) is 2.68. The van der Waals surface area contributed by atoms with E-state index in [9.17, 15) is 4.79 Å². The number of carbonyl (C=O) groups is 1. The highest BCUT2D eigenvalue weighted by Crippen LogP contribution is 2.13. The zero-order valence-electron chi connectivity index (χ0n) is 10.3. The van der Waals surface area contributed by atoms with Crippen LogP contribution in [0.5, 0.6) is 0 Å². The molecule has 5 nitrogen and oxygen atoms in total. The lowest BCUT2D eigenvalue weighted by Crippen LogP contribution is -2.15. The van der Waals surface area contributed by atoms with Crippen molar-refractivity contribution >= 4 is 17.4 Å². The summed E-state index contributed by atoms with van der Waals surface area (Å²) in [5.74, 6) is 0.655. The SMILES string of the molecule is Cn1nccc1NC(=O)CCc1ccccc1N. The van der Waals surface area contributed by atoms with E-state index in [1.165, 1.54) is 0 Å². The predicted molar refractivity (Wildman–Crippen MR) is 71.0 cm³/mol. The lowest BCUT2D eigenvalue weighted by molar-refractivity contribution is -0.116. The average molecular weight is 244 g/mol. The van der Waals surface area contributed by atoms with Gasteiger partial charge < -0.3 is 11.1 Å². The fraction of sp³-hybridized carbons (Fsp3) is 0.231. The van der Waals surface area contributed by atoms with E-state index in [1.54, 1.807) is 24.0 Å². The number of aromatic nitrogens is 2. The molecule has 0 unspecified atom stereocenters. The topological polar surface area (TPSA) is 72.9 Å². The number of nitrogens with two attached hydrogens (primary N) is 1. The summed E-state index contributed by atoms with van der Waals surface area (Å²) >= 11 is 0. The Morgan fingerprint density at radius 2 is 2.17 bits per heavy atom. The van der Waals surface area contributed by atoms with Crippen molar-refractivity contribution in [1.82, 2.24) is 9.78 Å². The van der Waals surface area contributed by atoms with Crippen LogP contribution in [0, 0.1) is 0 Å². The lowest BCUT2D eigenvalue weighted by Gasteiger charge is -2.06. The van der Waals surface area contributed by atoms with Gasteiger partial charge in [0.25, 0.3) is 0 Å². The molecule has 0 aliphatic heterocycles. The number of para-hydroxylation sites is 1. The van der Waals surface area contributed by atoms with Gasteiger partial charge in [0.05, 0.1) is 6.20 Å². The number of aryl methyl sites for hydroxylation is 2. The highest BCUT2D eigenvalue weighted by molar-refractivity contribution is 5.90. The quantitative estimate of drug-likeness (QED) is 0.802. The molecule has 0 bridgehead atoms. The second-order valence-electron chi connectivity index (χ2n) is 4.09. The molecule has 2 rings (SSSR count). The van der Waals surface area contributed by atoms with E-state index in [2.05, 4.69) is 10.4 Å². The highest BCUT2D eigenvalue weighted by Gasteiger charge is 2.06. The minimum absolute atomic E-state index is 0.0400. The fourth-order valence-electron chi connectivity index (χ4n) is 1.71. The van der Waals surface area contributed by atoms with Gasteiger partial charge in [-0.15, -0.1) is 0 Å². The Bertz CT molecular complexity index is 547. The first-order valence-corrected chi connectivity index (χ1v) is 5.78. The molecule has 0 aliphatic carbocycles. The molecule has 94 valence electrons. The zero-order chi connectivity index (χ0) is 13.0. The summed E-state index contributed by atoms with van der Waals surface area (Å²) in [7, 11) is 1.78. The second-order valence-corrected chi connectivity index (χ2v) is 4.09. The van der Waals surface area contributed by atoms with Gasteiger partial charge in [-0.05, 0) is 18.1 Å². The summed E-state index contributed by atoms with van der Waals surface area (Å²) in [6.45, 7) is 0. The van der Waals surface area contributed by atoms with Gasteiger partial charge >= 0.3 is 0 Å². The number of amides is 1. The number of nitrogen functional groups attached to an aromatic ring is 1. The normalized spacial score (nSPS) is 10.3. The molecule has 1 aromatic heterocycles. The molecule has 5 heteroatoms. The molecule has 0 aliphatic rings. The van der Waals surface area contributed by atoms with Crippen LogP contribution < -0.4 is 11.1 Å². The smallest absolute Gasteiger partial charge is 0.225 e. The van der Waals surface area contributed by atoms with Gasteiger partial charge in [-0.3, -0.25) is 9.48 Å². The van der Waals surface area contributed by atoms with Crippen LogP contribution in [0.25, 0.3) is 0 Å². The predicted octanol–water partition coefficient (Wildman–Crippen LogP) is 1.57. The van der Waals surface area contributed by atoms with E-state index < -0.39 is 0 Å². The number of hydrogen-bond donors (Lipinski definition) is 2. The van der Waals surface area contributed by atoms with Crippen LogP contribution in [0.1, 0.15) is 12.0 Å². The number of hydrogen-bond acceptors (Lipinski definition) is 3. The third kappa shape index (κ3) is 2.88. The van der Waals surface area contributed by atoms with Crippen LogP contribution in [0.4, 0.5) is 11.5 Å². The minimum atomic E-state index is -0.0400. The maximum Gasteiger partial charge on any atom is 0.225 e. The molecule has 2 aromatic rings. The van der Waals surface area contributed by atoms with Gasteiger partial charge in [0.15, 0.2) is 0 Å². The summed E-state index contributed by atoms with van der Waals surface area (Å²) in [5, 5.41) is 6.78. The van der Waals surface area contributed by atoms with Crippen molar-refractivity contribution in [3.05, 3.63) is 42.1 Å². The maximum absolute atomic E-state index is 11.8. The Kier molecular flexibility index (Phi) is 3.62. The van der Waals surface area contributed by atoms with Crippen LogP contribution in [0.2, 0.25) is 0 Å². The van der Waals surface area contributed by atoms with Crippen molar-refractivity contribution in [2.24, 2.45) is 7.05 Å². The Hall–Kier alpha value is -2.30. The summed E-state index contributed by atoms with van der Waals surface area (Å²) in [4.78, 5) is 11.8. The molecule has 3 N–H and O–H groups in total. The van der Waals surface area contributed by atoms with Gasteiger partial charge in [-0.2, -0.15) is 5.10 Å². The van der Waals surface area contributed by atoms with Crippen LogP contribution in [-0.2, 0) is 18.3 Å². The highest BCUT2D eigenvalue weighted by atomic mass is 16.1. The molecule has 0 atom stereocenters. The molecule has 0 saturated heterocycles. The van der Waals surface area contributed by atoms with Crippen LogP contribution in [0.3, 0.4) is 0 Å². The number of nitrogens with zero attached hydrogens (tertiary/aromatic N) is 2. The van der Waals surface area contributed by atoms with E-state index >= 15 is 0 Å². The maximum atomic E-state index is 11.8. The van der Waals surface area contributed by atoms with Gasteiger partial charge in [0, 0.05) is 25.2 Å².